The van der Waals surface area contributed by atoms with Crippen LogP contribution >= 0.6 is 0 Å². The summed E-state index contributed by atoms with van der Waals surface area (Å²) in [6.45, 7) is 23.5. The largest absolute Gasteiger partial charge is 0.277 e. The highest BCUT2D eigenvalue weighted by Crippen LogP contribution is 2.55. The van der Waals surface area contributed by atoms with Crippen LogP contribution in [0.3, 0.4) is 0 Å². The van der Waals surface area contributed by atoms with Crippen LogP contribution in [0.4, 0.5) is 0 Å². The van der Waals surface area contributed by atoms with Gasteiger partial charge in [0, 0.05) is 32.4 Å². The minimum absolute atomic E-state index is 0.0689. The third-order valence-corrected chi connectivity index (χ3v) is 18.5. The average Bonchev–Trinajstić information content (AvgIpc) is 4.46. The molecule has 6 nitrogen and oxygen atoms in total. The van der Waals surface area contributed by atoms with E-state index in [1.54, 1.807) is 0 Å². The van der Waals surface area contributed by atoms with Crippen molar-refractivity contribution in [3.05, 3.63) is 191 Å². The summed E-state index contributed by atoms with van der Waals surface area (Å²) < 4.78 is 10.0. The fourth-order valence-electron chi connectivity index (χ4n) is 14.9. The van der Waals surface area contributed by atoms with E-state index in [2.05, 4.69) is 245 Å². The van der Waals surface area contributed by atoms with Crippen molar-refractivity contribution < 1.29 is 0 Å². The van der Waals surface area contributed by atoms with Crippen LogP contribution in [-0.4, -0.2) is 27.6 Å². The molecule has 15 aromatic rings. The van der Waals surface area contributed by atoms with Gasteiger partial charge >= 0.3 is 0 Å². The summed E-state index contributed by atoms with van der Waals surface area (Å²) in [7, 11) is 0. The molecule has 0 aliphatic heterocycles. The highest BCUT2D eigenvalue weighted by atomic mass is 15.2. The summed E-state index contributed by atoms with van der Waals surface area (Å²) in [5.41, 5.74) is 29.2. The predicted octanol–water partition coefficient (Wildman–Crippen LogP) is 17.8. The molecular weight excluding hydrogens is 925 g/mol. The summed E-state index contributed by atoms with van der Waals surface area (Å²) in [6, 6.07) is 60.0. The zero-order chi connectivity index (χ0) is 51.4. The number of benzene rings is 9. The monoisotopic (exact) mass is 980 g/mol. The van der Waals surface area contributed by atoms with Gasteiger partial charge in [-0.25, -0.2) is 9.97 Å². The molecule has 0 atom stereocenters. The molecule has 0 spiro atoms. The smallest absolute Gasteiger partial charge is 0.220 e. The molecule has 17 rings (SSSR count). The molecule has 0 saturated heterocycles. The van der Waals surface area contributed by atoms with E-state index < -0.39 is 0 Å². The number of nitrogens with zero attached hydrogens (tertiary/aromatic N) is 6. The fraction of sp³-hybridized carbons (Fsp3) is 0.200. The molecule has 6 heterocycles. The zero-order valence-corrected chi connectivity index (χ0v) is 44.7. The molecule has 9 aromatic carbocycles. The maximum Gasteiger partial charge on any atom is 0.220 e. The van der Waals surface area contributed by atoms with Gasteiger partial charge in [-0.3, -0.25) is 17.6 Å². The van der Waals surface area contributed by atoms with E-state index in [1.807, 2.05) is 0 Å². The molecule has 0 fully saturated rings. The topological polar surface area (TPSA) is 43.4 Å². The Morgan fingerprint density at radius 3 is 1.13 bits per heavy atom. The first-order valence-corrected chi connectivity index (χ1v) is 27.2. The van der Waals surface area contributed by atoms with Crippen molar-refractivity contribution in [1.82, 2.24) is 27.6 Å². The lowest BCUT2D eigenvalue weighted by molar-refractivity contribution is 0.591. The van der Waals surface area contributed by atoms with Crippen molar-refractivity contribution in [2.24, 2.45) is 0 Å². The van der Waals surface area contributed by atoms with Gasteiger partial charge in [-0.15, -0.1) is 0 Å². The van der Waals surface area contributed by atoms with Crippen LogP contribution in [0, 0.1) is 0 Å². The number of hydrogen-bond acceptors (Lipinski definition) is 2. The first-order chi connectivity index (χ1) is 36.5. The van der Waals surface area contributed by atoms with Gasteiger partial charge in [-0.2, -0.15) is 0 Å². The molecule has 0 amide bonds. The Bertz CT molecular complexity index is 4800. The second-order valence-electron chi connectivity index (χ2n) is 25.5. The molecule has 2 aliphatic rings. The SMILES string of the molecule is CC(C)(C)c1ccc2c(c1)c1c3c4c(c5cc(C(C)(C)C)ccc5n4c4nc5ccc(-c6cccc7c6C(C)(C)c6ccccc6-7)cc5n34)c3c1n2c1nc2ccc(-c4cccc5c4C(C)(C)c4ccccc4-5)cc2n31. The quantitative estimate of drug-likeness (QED) is 0.173. The maximum atomic E-state index is 5.68. The second-order valence-corrected chi connectivity index (χ2v) is 25.5. The summed E-state index contributed by atoms with van der Waals surface area (Å²) >= 11 is 0. The van der Waals surface area contributed by atoms with Gasteiger partial charge in [0.05, 0.1) is 55.2 Å². The van der Waals surface area contributed by atoms with E-state index >= 15 is 0 Å². The molecule has 0 unspecified atom stereocenters. The zero-order valence-electron chi connectivity index (χ0n) is 44.7. The van der Waals surface area contributed by atoms with Crippen molar-refractivity contribution in [2.45, 2.75) is 90.9 Å². The standard InChI is InChI=1S/C70H56N6/c1-67(2,3)39-27-31-53-47(35-39)57-61-64(76-56-34-38(26-30-52(56)71-65(76)73(53)61)42-20-16-22-46-44-18-12-14-24-50(44)70(9,10)60(42)46)58-48-36-40(68(4,5)6)28-32-54(48)74-62(58)63(57)75-55-33-37(25-29-51(55)72-66(74)75)41-19-15-21-45-43-17-11-13-23-49(43)69(7,8)59(41)45/h11-36H,1-10H3. The normalized spacial score (nSPS) is 15.2. The van der Waals surface area contributed by atoms with Crippen LogP contribution in [0.1, 0.15) is 103 Å². The predicted molar refractivity (Wildman–Crippen MR) is 317 cm³/mol. The van der Waals surface area contributed by atoms with Crippen molar-refractivity contribution in [2.75, 3.05) is 0 Å². The van der Waals surface area contributed by atoms with Gasteiger partial charge < -0.3 is 0 Å². The maximum absolute atomic E-state index is 5.68. The van der Waals surface area contributed by atoms with E-state index in [-0.39, 0.29) is 21.7 Å². The minimum Gasteiger partial charge on any atom is -0.277 e. The lowest BCUT2D eigenvalue weighted by atomic mass is 9.79. The minimum atomic E-state index is -0.158. The van der Waals surface area contributed by atoms with Crippen molar-refractivity contribution >= 4 is 88.3 Å². The molecule has 0 radical (unpaired) electrons. The first-order valence-electron chi connectivity index (χ1n) is 27.2. The molecule has 6 aromatic heterocycles. The molecule has 0 N–H and O–H groups in total. The molecule has 0 saturated carbocycles. The Morgan fingerprint density at radius 2 is 0.724 bits per heavy atom. The summed E-state index contributed by atoms with van der Waals surface area (Å²) in [5.74, 6) is 1.87. The Labute approximate surface area is 440 Å². The molecule has 6 heteroatoms. The molecule has 366 valence electrons. The van der Waals surface area contributed by atoms with Crippen molar-refractivity contribution in [1.29, 1.82) is 0 Å². The lowest BCUT2D eigenvalue weighted by Gasteiger charge is -2.24. The highest BCUT2D eigenvalue weighted by molar-refractivity contribution is 6.37. The number of hydrogen-bond donors (Lipinski definition) is 0. The van der Waals surface area contributed by atoms with E-state index in [1.165, 1.54) is 122 Å². The third kappa shape index (κ3) is 5.00. The van der Waals surface area contributed by atoms with Gasteiger partial charge in [-0.1, -0.05) is 178 Å². The summed E-state index contributed by atoms with van der Waals surface area (Å²) in [4.78, 5) is 11.4. The van der Waals surface area contributed by atoms with Gasteiger partial charge in [0.1, 0.15) is 0 Å². The fourth-order valence-corrected chi connectivity index (χ4v) is 14.9. The number of fused-ring (bicyclic) bond motifs is 24. The number of rotatable bonds is 2. The third-order valence-electron chi connectivity index (χ3n) is 18.5. The molecular formula is C70H56N6. The summed E-state index contributed by atoms with van der Waals surface area (Å²) in [5, 5.41) is 4.94. The van der Waals surface area contributed by atoms with Gasteiger partial charge in [-0.05, 0) is 137 Å². The summed E-state index contributed by atoms with van der Waals surface area (Å²) in [6.07, 6.45) is 0. The first kappa shape index (κ1) is 42.8. The Hall–Kier alpha value is -8.48. The Morgan fingerprint density at radius 1 is 0.355 bits per heavy atom. The molecule has 2 aliphatic carbocycles. The van der Waals surface area contributed by atoms with Crippen LogP contribution in [0.2, 0.25) is 0 Å². The van der Waals surface area contributed by atoms with Crippen LogP contribution in [0.25, 0.3) is 133 Å². The van der Waals surface area contributed by atoms with Gasteiger partial charge in [0.2, 0.25) is 11.6 Å². The van der Waals surface area contributed by atoms with Crippen LogP contribution in [0.15, 0.2) is 158 Å². The lowest BCUT2D eigenvalue weighted by Crippen LogP contribution is -2.16. The van der Waals surface area contributed by atoms with Crippen LogP contribution in [0.5, 0.6) is 0 Å². The van der Waals surface area contributed by atoms with Crippen molar-refractivity contribution in [3.63, 3.8) is 0 Å². The highest BCUT2D eigenvalue weighted by Gasteiger charge is 2.40. The number of aromatic nitrogens is 6. The number of imidazole rings is 4. The van der Waals surface area contributed by atoms with Crippen molar-refractivity contribution in [3.8, 4) is 44.5 Å². The van der Waals surface area contributed by atoms with E-state index in [4.69, 9.17) is 9.97 Å². The van der Waals surface area contributed by atoms with Crippen LogP contribution in [-0.2, 0) is 21.7 Å². The average molecular weight is 981 g/mol. The molecule has 0 bridgehead atoms. The van der Waals surface area contributed by atoms with Crippen LogP contribution < -0.4 is 0 Å². The van der Waals surface area contributed by atoms with Gasteiger partial charge in [0.25, 0.3) is 0 Å². The van der Waals surface area contributed by atoms with E-state index in [0.717, 1.165) is 44.7 Å². The van der Waals surface area contributed by atoms with E-state index in [9.17, 15) is 0 Å². The second kappa shape index (κ2) is 13.5. The van der Waals surface area contributed by atoms with E-state index in [0.29, 0.717) is 0 Å². The van der Waals surface area contributed by atoms with Gasteiger partial charge in [0.15, 0.2) is 0 Å². The molecule has 76 heavy (non-hydrogen) atoms. The Balaban J connectivity index is 1.04. The Kier molecular flexibility index (Phi) is 7.60.